The first kappa shape index (κ1) is 36.2. The van der Waals surface area contributed by atoms with Gasteiger partial charge in [0, 0.05) is 0 Å². The highest BCUT2D eigenvalue weighted by Gasteiger charge is 1.86. The molecule has 0 aliphatic heterocycles. The summed E-state index contributed by atoms with van der Waals surface area (Å²) in [5, 5.41) is 0. The Hall–Kier alpha value is -1.82. The zero-order chi connectivity index (χ0) is 19.9. The summed E-state index contributed by atoms with van der Waals surface area (Å²) in [6.45, 7) is 18.3. The van der Waals surface area contributed by atoms with Crippen LogP contribution in [0.2, 0.25) is 0 Å². The van der Waals surface area contributed by atoms with Gasteiger partial charge in [0.25, 0.3) is 0 Å². The summed E-state index contributed by atoms with van der Waals surface area (Å²) < 4.78 is 0. The number of benzene rings is 1. The van der Waals surface area contributed by atoms with Crippen molar-refractivity contribution in [3.63, 3.8) is 0 Å². The van der Waals surface area contributed by atoms with E-state index in [1.54, 1.807) is 0 Å². The van der Waals surface area contributed by atoms with Crippen LogP contribution in [0.4, 0.5) is 0 Å². The van der Waals surface area contributed by atoms with Crippen LogP contribution < -0.4 is 0 Å². The number of hydrogen-bond donors (Lipinski definition) is 0. The lowest BCUT2D eigenvalue weighted by Gasteiger charge is -1.82. The molecule has 0 bridgehead atoms. The normalized spacial score (nSPS) is 11.1. The van der Waals surface area contributed by atoms with Crippen LogP contribution in [-0.4, -0.2) is 0 Å². The highest BCUT2D eigenvalue weighted by atomic mass is 13.9. The molecule has 0 heteroatoms. The molecule has 3 rings (SSSR count). The van der Waals surface area contributed by atoms with Gasteiger partial charge in [-0.05, 0) is 33.6 Å². The quantitative estimate of drug-likeness (QED) is 0.423. The summed E-state index contributed by atoms with van der Waals surface area (Å²) in [6.07, 6.45) is 15.2. The number of hydrogen-bond acceptors (Lipinski definition) is 0. The van der Waals surface area contributed by atoms with Crippen LogP contribution in [0.15, 0.2) is 77.9 Å². The number of aryl methyl sites for hydroxylation is 1. The van der Waals surface area contributed by atoms with Crippen molar-refractivity contribution in [3.05, 3.63) is 83.5 Å². The summed E-state index contributed by atoms with van der Waals surface area (Å²) in [6, 6.07) is 10.3. The highest BCUT2D eigenvalue weighted by Crippen LogP contribution is 2.06. The average molecular weight is 375 g/mol. The van der Waals surface area contributed by atoms with Crippen molar-refractivity contribution in [2.24, 2.45) is 0 Å². The van der Waals surface area contributed by atoms with E-state index in [-0.39, 0.29) is 14.9 Å². The first-order valence-electron chi connectivity index (χ1n) is 9.86. The van der Waals surface area contributed by atoms with E-state index in [0.717, 1.165) is 6.42 Å². The molecule has 0 saturated heterocycles. The Morgan fingerprint density at radius 2 is 1.22 bits per heavy atom. The predicted octanol–water partition coefficient (Wildman–Crippen LogP) is 10.1. The number of rotatable bonds is 0. The third kappa shape index (κ3) is 29.2. The van der Waals surface area contributed by atoms with Gasteiger partial charge >= 0.3 is 0 Å². The molecule has 0 fully saturated rings. The van der Waals surface area contributed by atoms with E-state index in [4.69, 9.17) is 0 Å². The third-order valence-electron chi connectivity index (χ3n) is 2.85. The Morgan fingerprint density at radius 3 is 1.37 bits per heavy atom. The van der Waals surface area contributed by atoms with Crippen molar-refractivity contribution in [1.82, 2.24) is 0 Å². The Labute approximate surface area is 173 Å². The monoisotopic (exact) mass is 374 g/mol. The van der Waals surface area contributed by atoms with E-state index >= 15 is 0 Å². The summed E-state index contributed by atoms with van der Waals surface area (Å²) in [4.78, 5) is 0. The van der Waals surface area contributed by atoms with Crippen LogP contribution in [0.3, 0.4) is 0 Å². The smallest absolute Gasteiger partial charge is 0.0135 e. The molecule has 0 unspecified atom stereocenters. The molecule has 0 nitrogen and oxygen atoms in total. The summed E-state index contributed by atoms with van der Waals surface area (Å²) in [5.41, 5.74) is 4.19. The van der Waals surface area contributed by atoms with E-state index in [1.165, 1.54) is 23.1 Å². The fourth-order valence-electron chi connectivity index (χ4n) is 1.66. The SMILES string of the molecule is C.C.CC.CC.CC.CC1=CC=CC1.CC1=CCC=C1.Cc1ccccc1. The first-order valence-corrected chi connectivity index (χ1v) is 9.86. The second-order valence-electron chi connectivity index (χ2n) is 4.89. The van der Waals surface area contributed by atoms with Crippen molar-refractivity contribution in [1.29, 1.82) is 0 Å². The lowest BCUT2D eigenvalue weighted by molar-refractivity contribution is 1.25. The van der Waals surface area contributed by atoms with Crippen molar-refractivity contribution in [2.75, 3.05) is 0 Å². The molecule has 1 aromatic carbocycles. The van der Waals surface area contributed by atoms with Crippen molar-refractivity contribution < 1.29 is 0 Å². The van der Waals surface area contributed by atoms with E-state index in [9.17, 15) is 0 Å². The largest absolute Gasteiger partial charge is 0.0805 e. The third-order valence-corrected chi connectivity index (χ3v) is 2.85. The molecule has 2 aliphatic rings. The van der Waals surface area contributed by atoms with Gasteiger partial charge in [-0.15, -0.1) is 0 Å². The molecule has 0 radical (unpaired) electrons. The molecule has 0 amide bonds. The van der Waals surface area contributed by atoms with Crippen molar-refractivity contribution in [3.8, 4) is 0 Å². The lowest BCUT2D eigenvalue weighted by Crippen LogP contribution is -1.62. The van der Waals surface area contributed by atoms with E-state index < -0.39 is 0 Å². The highest BCUT2D eigenvalue weighted by molar-refractivity contribution is 5.23. The maximum atomic E-state index is 2.21. The molecule has 0 heterocycles. The summed E-state index contributed by atoms with van der Waals surface area (Å²) in [7, 11) is 0. The first-order chi connectivity index (χ1) is 12.2. The molecule has 0 N–H and O–H groups in total. The molecule has 0 saturated carbocycles. The van der Waals surface area contributed by atoms with Gasteiger partial charge in [0.1, 0.15) is 0 Å². The van der Waals surface area contributed by atoms with Gasteiger partial charge in [0.2, 0.25) is 0 Å². The van der Waals surface area contributed by atoms with Gasteiger partial charge in [-0.3, -0.25) is 0 Å². The Bertz CT molecular complexity index is 467. The molecule has 158 valence electrons. The minimum atomic E-state index is 0. The van der Waals surface area contributed by atoms with Crippen LogP contribution in [0.5, 0.6) is 0 Å². The van der Waals surface area contributed by atoms with E-state index in [2.05, 4.69) is 69.4 Å². The molecule has 1 aromatic rings. The number of allylic oxidation sites excluding steroid dienone is 8. The molecule has 0 aromatic heterocycles. The van der Waals surface area contributed by atoms with E-state index in [1.807, 2.05) is 59.7 Å². The van der Waals surface area contributed by atoms with E-state index in [0.29, 0.717) is 0 Å². The zero-order valence-corrected chi connectivity index (χ0v) is 18.3. The molecule has 27 heavy (non-hydrogen) atoms. The van der Waals surface area contributed by atoms with Gasteiger partial charge in [-0.25, -0.2) is 0 Å². The Kier molecular flexibility index (Phi) is 42.7. The standard InChI is InChI=1S/C7H8.2C6H8.3C2H6.2CH4/c1-7-5-3-2-4-6-7;2*1-6-4-2-3-5-6;3*1-2;;/h2-6H,1H3;2,4-5H,3H2,1H3;2-4H,5H2,1H3;3*1-2H3;2*1H4. The molecular formula is C27H50. The van der Waals surface area contributed by atoms with Gasteiger partial charge in [0.15, 0.2) is 0 Å². The van der Waals surface area contributed by atoms with Gasteiger partial charge in [-0.1, -0.05) is 140 Å². The maximum absolute atomic E-state index is 2.21. The van der Waals surface area contributed by atoms with Crippen LogP contribution in [0.1, 0.15) is 88.6 Å². The molecule has 0 spiro atoms. The minimum Gasteiger partial charge on any atom is -0.0805 e. The van der Waals surface area contributed by atoms with Crippen molar-refractivity contribution >= 4 is 0 Å². The maximum Gasteiger partial charge on any atom is -0.0135 e. The zero-order valence-electron chi connectivity index (χ0n) is 18.3. The van der Waals surface area contributed by atoms with Crippen LogP contribution in [0.25, 0.3) is 0 Å². The van der Waals surface area contributed by atoms with Crippen LogP contribution in [-0.2, 0) is 0 Å². The Morgan fingerprint density at radius 1 is 0.704 bits per heavy atom. The van der Waals surface area contributed by atoms with Crippen LogP contribution >= 0.6 is 0 Å². The summed E-state index contributed by atoms with van der Waals surface area (Å²) in [5.74, 6) is 0. The average Bonchev–Trinajstić information content (AvgIpc) is 3.35. The second kappa shape index (κ2) is 31.9. The Balaban J connectivity index is -0.0000000764. The molecule has 0 atom stereocenters. The topological polar surface area (TPSA) is 0 Å². The summed E-state index contributed by atoms with van der Waals surface area (Å²) >= 11 is 0. The fraction of sp³-hybridized carbons (Fsp3) is 0.481. The predicted molar refractivity (Wildman–Crippen MR) is 134 cm³/mol. The van der Waals surface area contributed by atoms with Gasteiger partial charge < -0.3 is 0 Å². The lowest BCUT2D eigenvalue weighted by atomic mass is 10.2. The van der Waals surface area contributed by atoms with Gasteiger partial charge in [0.05, 0.1) is 0 Å². The minimum absolute atomic E-state index is 0. The van der Waals surface area contributed by atoms with Crippen LogP contribution in [0, 0.1) is 6.92 Å². The van der Waals surface area contributed by atoms with Gasteiger partial charge in [-0.2, -0.15) is 0 Å². The molecule has 2 aliphatic carbocycles. The molecular weight excluding hydrogens is 324 g/mol. The fourth-order valence-corrected chi connectivity index (χ4v) is 1.66. The van der Waals surface area contributed by atoms with Crippen molar-refractivity contribution in [2.45, 2.75) is 90.0 Å². The second-order valence-corrected chi connectivity index (χ2v) is 4.89.